The maximum atomic E-state index is 14.2. The Morgan fingerprint density at radius 2 is 1.70 bits per heavy atom. The van der Waals surface area contributed by atoms with Crippen molar-refractivity contribution < 1.29 is 9.18 Å². The number of nitrogens with zero attached hydrogens (tertiary/aromatic N) is 1. The highest BCUT2D eigenvalue weighted by atomic mass is 19.1. The molecule has 0 unspecified atom stereocenters. The van der Waals surface area contributed by atoms with Gasteiger partial charge in [-0.05, 0) is 49.0 Å². The number of nitrogens with one attached hydrogen (secondary N) is 1. The maximum Gasteiger partial charge on any atom is 0.223 e. The molecule has 0 saturated carbocycles. The van der Waals surface area contributed by atoms with Crippen LogP contribution in [0.15, 0.2) is 48.5 Å². The maximum absolute atomic E-state index is 14.2. The zero-order valence-corrected chi connectivity index (χ0v) is 16.2. The van der Waals surface area contributed by atoms with Gasteiger partial charge in [-0.3, -0.25) is 9.69 Å². The van der Waals surface area contributed by atoms with E-state index in [9.17, 15) is 9.18 Å². The van der Waals surface area contributed by atoms with Crippen molar-refractivity contribution in [3.8, 4) is 11.1 Å². The fraction of sp³-hybridized carbons (Fsp3) is 0.435. The molecule has 1 amide bonds. The normalized spacial score (nSPS) is 15.9. The van der Waals surface area contributed by atoms with E-state index >= 15 is 0 Å². The number of hydrogen-bond acceptors (Lipinski definition) is 2. The lowest BCUT2D eigenvalue weighted by molar-refractivity contribution is -0.126. The minimum atomic E-state index is -0.189. The van der Waals surface area contributed by atoms with Crippen LogP contribution in [0.4, 0.5) is 4.39 Å². The second-order valence-corrected chi connectivity index (χ2v) is 7.83. The van der Waals surface area contributed by atoms with Crippen LogP contribution in [0, 0.1) is 17.7 Å². The third-order valence-electron chi connectivity index (χ3n) is 5.22. The third-order valence-corrected chi connectivity index (χ3v) is 5.22. The Morgan fingerprint density at radius 1 is 1.07 bits per heavy atom. The average molecular weight is 368 g/mol. The van der Waals surface area contributed by atoms with Crippen LogP contribution >= 0.6 is 0 Å². The predicted molar refractivity (Wildman–Crippen MR) is 108 cm³/mol. The summed E-state index contributed by atoms with van der Waals surface area (Å²) in [6.45, 7) is 7.53. The van der Waals surface area contributed by atoms with Crippen LogP contribution in [0.25, 0.3) is 11.1 Å². The van der Waals surface area contributed by atoms with E-state index in [-0.39, 0.29) is 17.6 Å². The van der Waals surface area contributed by atoms with Gasteiger partial charge < -0.3 is 5.32 Å². The Balaban J connectivity index is 1.62. The Kier molecular flexibility index (Phi) is 6.62. The average Bonchev–Trinajstić information content (AvgIpc) is 2.68. The first-order valence-electron chi connectivity index (χ1n) is 9.87. The summed E-state index contributed by atoms with van der Waals surface area (Å²) in [4.78, 5) is 14.6. The number of benzene rings is 2. The standard InChI is InChI=1S/C23H29FN2O/c1-17(2)15-25-23(27)18-11-13-26(14-12-18)16-19-7-3-4-8-20(19)21-9-5-6-10-22(21)24/h3-10,17-18H,11-16H2,1-2H3,(H,25,27). The van der Waals surface area contributed by atoms with Gasteiger partial charge in [-0.2, -0.15) is 0 Å². The summed E-state index contributed by atoms with van der Waals surface area (Å²) in [6.07, 6.45) is 1.76. The Hall–Kier alpha value is -2.20. The quantitative estimate of drug-likeness (QED) is 0.815. The van der Waals surface area contributed by atoms with Crippen LogP contribution in [0.3, 0.4) is 0 Å². The van der Waals surface area contributed by atoms with E-state index < -0.39 is 0 Å². The van der Waals surface area contributed by atoms with Crippen molar-refractivity contribution in [2.24, 2.45) is 11.8 Å². The summed E-state index contributed by atoms with van der Waals surface area (Å²) in [5, 5.41) is 3.05. The molecule has 1 heterocycles. The van der Waals surface area contributed by atoms with Crippen molar-refractivity contribution in [2.75, 3.05) is 19.6 Å². The highest BCUT2D eigenvalue weighted by molar-refractivity contribution is 5.78. The molecule has 3 nitrogen and oxygen atoms in total. The Bertz CT molecular complexity index is 766. The zero-order chi connectivity index (χ0) is 19.2. The summed E-state index contributed by atoms with van der Waals surface area (Å²) < 4.78 is 14.2. The van der Waals surface area contributed by atoms with Gasteiger partial charge in [0.2, 0.25) is 5.91 Å². The van der Waals surface area contributed by atoms with E-state index in [1.54, 1.807) is 6.07 Å². The van der Waals surface area contributed by atoms with Gasteiger partial charge in [-0.25, -0.2) is 4.39 Å². The molecule has 1 saturated heterocycles. The van der Waals surface area contributed by atoms with Crippen LogP contribution in [-0.2, 0) is 11.3 Å². The number of rotatable bonds is 6. The zero-order valence-electron chi connectivity index (χ0n) is 16.2. The lowest BCUT2D eigenvalue weighted by Gasteiger charge is -2.32. The first kappa shape index (κ1) is 19.6. The van der Waals surface area contributed by atoms with Crippen LogP contribution in [0.1, 0.15) is 32.3 Å². The highest BCUT2D eigenvalue weighted by Gasteiger charge is 2.25. The Labute approximate surface area is 161 Å². The lowest BCUT2D eigenvalue weighted by atomic mass is 9.94. The van der Waals surface area contributed by atoms with E-state index in [1.807, 2.05) is 30.3 Å². The minimum absolute atomic E-state index is 0.113. The van der Waals surface area contributed by atoms with E-state index in [1.165, 1.54) is 6.07 Å². The van der Waals surface area contributed by atoms with Crippen LogP contribution < -0.4 is 5.32 Å². The van der Waals surface area contributed by atoms with Crippen molar-refractivity contribution in [3.05, 3.63) is 59.9 Å². The molecule has 3 rings (SSSR count). The summed E-state index contributed by atoms with van der Waals surface area (Å²) >= 11 is 0. The number of likely N-dealkylation sites (tertiary alicyclic amines) is 1. The summed E-state index contributed by atoms with van der Waals surface area (Å²) in [5.74, 6) is 0.589. The van der Waals surface area contributed by atoms with Gasteiger partial charge in [0, 0.05) is 24.6 Å². The molecule has 0 aromatic heterocycles. The number of piperidine rings is 1. The van der Waals surface area contributed by atoms with Gasteiger partial charge in [0.05, 0.1) is 0 Å². The fourth-order valence-corrected chi connectivity index (χ4v) is 3.64. The van der Waals surface area contributed by atoms with Crippen LogP contribution in [0.2, 0.25) is 0 Å². The summed E-state index contributed by atoms with van der Waals surface area (Å²) in [7, 11) is 0. The topological polar surface area (TPSA) is 32.3 Å². The Morgan fingerprint density at radius 3 is 2.37 bits per heavy atom. The molecule has 144 valence electrons. The number of halogens is 1. The molecular formula is C23H29FN2O. The molecule has 1 N–H and O–H groups in total. The number of carbonyl (C=O) groups is 1. The van der Waals surface area contributed by atoms with Crippen molar-refractivity contribution in [1.29, 1.82) is 0 Å². The van der Waals surface area contributed by atoms with Crippen LogP contribution in [0.5, 0.6) is 0 Å². The minimum Gasteiger partial charge on any atom is -0.356 e. The summed E-state index contributed by atoms with van der Waals surface area (Å²) in [6, 6.07) is 14.9. The van der Waals surface area contributed by atoms with Gasteiger partial charge in [-0.1, -0.05) is 56.3 Å². The van der Waals surface area contributed by atoms with Crippen molar-refractivity contribution in [1.82, 2.24) is 10.2 Å². The molecule has 27 heavy (non-hydrogen) atoms. The second-order valence-electron chi connectivity index (χ2n) is 7.83. The smallest absolute Gasteiger partial charge is 0.223 e. The van der Waals surface area contributed by atoms with Gasteiger partial charge in [-0.15, -0.1) is 0 Å². The second kappa shape index (κ2) is 9.14. The predicted octanol–water partition coefficient (Wildman–Crippen LogP) is 4.48. The molecular weight excluding hydrogens is 339 g/mol. The van der Waals surface area contributed by atoms with Crippen molar-refractivity contribution in [2.45, 2.75) is 33.2 Å². The van der Waals surface area contributed by atoms with Gasteiger partial charge in [0.1, 0.15) is 5.82 Å². The third kappa shape index (κ3) is 5.16. The molecule has 0 aliphatic carbocycles. The molecule has 2 aromatic carbocycles. The van der Waals surface area contributed by atoms with E-state index in [4.69, 9.17) is 0 Å². The largest absolute Gasteiger partial charge is 0.356 e. The van der Waals surface area contributed by atoms with Crippen LogP contribution in [-0.4, -0.2) is 30.4 Å². The highest BCUT2D eigenvalue weighted by Crippen LogP contribution is 2.28. The molecule has 0 bridgehead atoms. The molecule has 1 aliphatic rings. The molecule has 0 spiro atoms. The number of hydrogen-bond donors (Lipinski definition) is 1. The van der Waals surface area contributed by atoms with Gasteiger partial charge in [0.25, 0.3) is 0 Å². The van der Waals surface area contributed by atoms with Gasteiger partial charge >= 0.3 is 0 Å². The molecule has 0 radical (unpaired) electrons. The SMILES string of the molecule is CC(C)CNC(=O)C1CCN(Cc2ccccc2-c2ccccc2F)CC1. The molecule has 1 aliphatic heterocycles. The van der Waals surface area contributed by atoms with E-state index in [0.717, 1.165) is 50.1 Å². The molecule has 2 aromatic rings. The first-order chi connectivity index (χ1) is 13.0. The molecule has 1 fully saturated rings. The van der Waals surface area contributed by atoms with E-state index in [0.29, 0.717) is 11.5 Å². The summed E-state index contributed by atoms with van der Waals surface area (Å²) in [5.41, 5.74) is 2.73. The number of carbonyl (C=O) groups excluding carboxylic acids is 1. The monoisotopic (exact) mass is 368 g/mol. The van der Waals surface area contributed by atoms with Gasteiger partial charge in [0.15, 0.2) is 0 Å². The molecule has 0 atom stereocenters. The van der Waals surface area contributed by atoms with E-state index in [2.05, 4.69) is 30.1 Å². The molecule has 4 heteroatoms. The fourth-order valence-electron chi connectivity index (χ4n) is 3.64. The lowest BCUT2D eigenvalue weighted by Crippen LogP contribution is -2.41. The van der Waals surface area contributed by atoms with Crippen molar-refractivity contribution >= 4 is 5.91 Å². The first-order valence-corrected chi connectivity index (χ1v) is 9.87. The van der Waals surface area contributed by atoms with Crippen molar-refractivity contribution in [3.63, 3.8) is 0 Å². The number of amides is 1.